The maximum absolute atomic E-state index is 12.1. The first-order valence-corrected chi connectivity index (χ1v) is 8.87. The van der Waals surface area contributed by atoms with Crippen molar-refractivity contribution in [3.05, 3.63) is 71.3 Å². The molecule has 2 aromatic rings. The largest absolute Gasteiger partial charge is 0.374 e. The number of Topliss-reactive ketones (excluding diaryl/α,β-unsaturated/α-hetero) is 1. The average molecular weight is 340 g/mol. The van der Waals surface area contributed by atoms with Gasteiger partial charge in [0.25, 0.3) is 0 Å². The van der Waals surface area contributed by atoms with Crippen molar-refractivity contribution in [2.24, 2.45) is 0 Å². The average Bonchev–Trinajstić information content (AvgIpc) is 2.65. The minimum atomic E-state index is -0.848. The van der Waals surface area contributed by atoms with Gasteiger partial charge in [-0.15, -0.1) is 0 Å². The zero-order chi connectivity index (χ0) is 18.1. The lowest BCUT2D eigenvalue weighted by Crippen LogP contribution is -2.27. The van der Waals surface area contributed by atoms with Gasteiger partial charge in [0.2, 0.25) is 0 Å². The highest BCUT2D eigenvalue weighted by Gasteiger charge is 2.11. The molecular formula is C21H28N2O2. The Morgan fingerprint density at radius 3 is 2.44 bits per heavy atom. The summed E-state index contributed by atoms with van der Waals surface area (Å²) in [5.74, 6) is -0.0335. The number of hydrogen-bond donors (Lipinski definition) is 2. The molecule has 0 fully saturated rings. The SMILES string of the molecule is CCCCN(C)Cc1ccc(C(O)NCC(=O)c2ccccc2)cc1. The van der Waals surface area contributed by atoms with E-state index < -0.39 is 6.23 Å². The van der Waals surface area contributed by atoms with Gasteiger partial charge in [0, 0.05) is 12.1 Å². The lowest BCUT2D eigenvalue weighted by molar-refractivity contribution is 0.0925. The van der Waals surface area contributed by atoms with E-state index in [0.29, 0.717) is 5.56 Å². The van der Waals surface area contributed by atoms with Crippen molar-refractivity contribution >= 4 is 5.78 Å². The van der Waals surface area contributed by atoms with E-state index in [1.807, 2.05) is 42.5 Å². The summed E-state index contributed by atoms with van der Waals surface area (Å²) in [6.45, 7) is 4.28. The van der Waals surface area contributed by atoms with Crippen LogP contribution < -0.4 is 5.32 Å². The Morgan fingerprint density at radius 1 is 1.12 bits per heavy atom. The van der Waals surface area contributed by atoms with Gasteiger partial charge in [0.15, 0.2) is 5.78 Å². The Bertz CT molecular complexity index is 641. The first kappa shape index (κ1) is 19.3. The highest BCUT2D eigenvalue weighted by Crippen LogP contribution is 2.13. The van der Waals surface area contributed by atoms with Gasteiger partial charge >= 0.3 is 0 Å². The molecule has 2 aromatic carbocycles. The molecule has 25 heavy (non-hydrogen) atoms. The van der Waals surface area contributed by atoms with E-state index in [1.165, 1.54) is 18.4 Å². The third-order valence-electron chi connectivity index (χ3n) is 4.19. The second kappa shape index (κ2) is 10.1. The smallest absolute Gasteiger partial charge is 0.176 e. The molecule has 0 saturated carbocycles. The molecule has 2 N–H and O–H groups in total. The van der Waals surface area contributed by atoms with Gasteiger partial charge in [-0.1, -0.05) is 67.9 Å². The number of nitrogens with one attached hydrogen (secondary N) is 1. The van der Waals surface area contributed by atoms with Gasteiger partial charge in [0.05, 0.1) is 6.54 Å². The van der Waals surface area contributed by atoms with E-state index >= 15 is 0 Å². The first-order valence-electron chi connectivity index (χ1n) is 8.87. The Morgan fingerprint density at radius 2 is 1.80 bits per heavy atom. The lowest BCUT2D eigenvalue weighted by Gasteiger charge is -2.17. The molecule has 0 aliphatic rings. The van der Waals surface area contributed by atoms with Crippen LogP contribution in [0.5, 0.6) is 0 Å². The monoisotopic (exact) mass is 340 g/mol. The van der Waals surface area contributed by atoms with Crippen molar-refractivity contribution in [3.8, 4) is 0 Å². The number of ketones is 1. The molecule has 1 atom stereocenters. The van der Waals surface area contributed by atoms with E-state index in [4.69, 9.17) is 0 Å². The second-order valence-corrected chi connectivity index (χ2v) is 6.41. The standard InChI is InChI=1S/C21H28N2O2/c1-3-4-14-23(2)16-17-10-12-19(13-11-17)21(25)22-15-20(24)18-8-6-5-7-9-18/h5-13,21-22,25H,3-4,14-16H2,1-2H3. The summed E-state index contributed by atoms with van der Waals surface area (Å²) in [7, 11) is 2.12. The minimum Gasteiger partial charge on any atom is -0.374 e. The Kier molecular flexibility index (Phi) is 7.79. The molecule has 1 unspecified atom stereocenters. The number of carbonyl (C=O) groups is 1. The predicted octanol–water partition coefficient (Wildman–Crippen LogP) is 3.38. The van der Waals surface area contributed by atoms with Gasteiger partial charge in [-0.2, -0.15) is 0 Å². The molecule has 4 heteroatoms. The van der Waals surface area contributed by atoms with E-state index in [-0.39, 0.29) is 12.3 Å². The van der Waals surface area contributed by atoms with Gasteiger partial charge in [-0.05, 0) is 31.1 Å². The molecule has 0 amide bonds. The Labute approximate surface area is 150 Å². The van der Waals surface area contributed by atoms with Crippen LogP contribution in [-0.4, -0.2) is 35.9 Å². The second-order valence-electron chi connectivity index (χ2n) is 6.41. The van der Waals surface area contributed by atoms with Crippen molar-refractivity contribution in [1.82, 2.24) is 10.2 Å². The zero-order valence-corrected chi connectivity index (χ0v) is 15.1. The summed E-state index contributed by atoms with van der Waals surface area (Å²) in [6, 6.07) is 17.0. The normalized spacial score (nSPS) is 12.3. The molecule has 0 bridgehead atoms. The Hall–Kier alpha value is -2.01. The summed E-state index contributed by atoms with van der Waals surface area (Å²) < 4.78 is 0. The van der Waals surface area contributed by atoms with Crippen molar-refractivity contribution in [2.45, 2.75) is 32.5 Å². The van der Waals surface area contributed by atoms with Crippen LogP contribution in [0.25, 0.3) is 0 Å². The van der Waals surface area contributed by atoms with Crippen molar-refractivity contribution in [1.29, 1.82) is 0 Å². The van der Waals surface area contributed by atoms with Crippen LogP contribution in [0, 0.1) is 0 Å². The zero-order valence-electron chi connectivity index (χ0n) is 15.1. The predicted molar refractivity (Wildman–Crippen MR) is 101 cm³/mol. The topological polar surface area (TPSA) is 52.6 Å². The van der Waals surface area contributed by atoms with Crippen molar-refractivity contribution in [3.63, 3.8) is 0 Å². The van der Waals surface area contributed by atoms with Gasteiger partial charge in [0.1, 0.15) is 6.23 Å². The third kappa shape index (κ3) is 6.42. The maximum atomic E-state index is 12.1. The van der Waals surface area contributed by atoms with E-state index in [2.05, 4.69) is 24.2 Å². The molecule has 0 heterocycles. The number of aliphatic hydroxyl groups excluding tert-OH is 1. The molecular weight excluding hydrogens is 312 g/mol. The summed E-state index contributed by atoms with van der Waals surface area (Å²) in [5.41, 5.74) is 2.63. The summed E-state index contributed by atoms with van der Waals surface area (Å²) in [4.78, 5) is 14.4. The highest BCUT2D eigenvalue weighted by molar-refractivity contribution is 5.97. The fraction of sp³-hybridized carbons (Fsp3) is 0.381. The van der Waals surface area contributed by atoms with Crippen LogP contribution in [0.2, 0.25) is 0 Å². The van der Waals surface area contributed by atoms with Crippen LogP contribution >= 0.6 is 0 Å². The molecule has 0 saturated heterocycles. The van der Waals surface area contributed by atoms with Crippen LogP contribution in [0.15, 0.2) is 54.6 Å². The van der Waals surface area contributed by atoms with Crippen LogP contribution in [0.3, 0.4) is 0 Å². The summed E-state index contributed by atoms with van der Waals surface area (Å²) in [5, 5.41) is 13.1. The van der Waals surface area contributed by atoms with Crippen LogP contribution in [0.1, 0.15) is 47.5 Å². The third-order valence-corrected chi connectivity index (χ3v) is 4.19. The molecule has 0 aliphatic heterocycles. The van der Waals surface area contributed by atoms with Gasteiger partial charge in [-0.3, -0.25) is 10.1 Å². The molecule has 0 radical (unpaired) electrons. The summed E-state index contributed by atoms with van der Waals surface area (Å²) in [6.07, 6.45) is 1.55. The number of aliphatic hydroxyl groups is 1. The lowest BCUT2D eigenvalue weighted by atomic mass is 10.1. The number of carbonyl (C=O) groups excluding carboxylic acids is 1. The molecule has 0 aromatic heterocycles. The van der Waals surface area contributed by atoms with E-state index in [9.17, 15) is 9.90 Å². The number of nitrogens with zero attached hydrogens (tertiary/aromatic N) is 1. The van der Waals surface area contributed by atoms with Crippen LogP contribution in [-0.2, 0) is 6.54 Å². The van der Waals surface area contributed by atoms with E-state index in [0.717, 1.165) is 18.7 Å². The van der Waals surface area contributed by atoms with Crippen molar-refractivity contribution in [2.75, 3.05) is 20.1 Å². The molecule has 4 nitrogen and oxygen atoms in total. The number of unbranched alkanes of at least 4 members (excludes halogenated alkanes) is 1. The fourth-order valence-electron chi connectivity index (χ4n) is 2.66. The molecule has 0 spiro atoms. The first-order chi connectivity index (χ1) is 12.1. The fourth-order valence-corrected chi connectivity index (χ4v) is 2.66. The highest BCUT2D eigenvalue weighted by atomic mass is 16.3. The van der Waals surface area contributed by atoms with Crippen molar-refractivity contribution < 1.29 is 9.90 Å². The molecule has 2 rings (SSSR count). The molecule has 134 valence electrons. The van der Waals surface area contributed by atoms with Gasteiger partial charge < -0.3 is 10.0 Å². The molecule has 0 aliphatic carbocycles. The minimum absolute atomic E-state index is 0.0335. The van der Waals surface area contributed by atoms with Gasteiger partial charge in [-0.25, -0.2) is 0 Å². The van der Waals surface area contributed by atoms with E-state index in [1.54, 1.807) is 12.1 Å². The van der Waals surface area contributed by atoms with Crippen LogP contribution in [0.4, 0.5) is 0 Å². The quantitative estimate of drug-likeness (QED) is 0.514. The number of rotatable bonds is 10. The Balaban J connectivity index is 1.83. The number of hydrogen-bond acceptors (Lipinski definition) is 4. The maximum Gasteiger partial charge on any atom is 0.176 e. The summed E-state index contributed by atoms with van der Waals surface area (Å²) >= 11 is 0. The number of benzene rings is 2.